The molecule has 1 amide bonds. The lowest BCUT2D eigenvalue weighted by Gasteiger charge is -2.07. The van der Waals surface area contributed by atoms with E-state index in [9.17, 15) is 14.0 Å². The Bertz CT molecular complexity index is 688. The number of nitrogens with one attached hydrogen (secondary N) is 1. The number of halogens is 2. The van der Waals surface area contributed by atoms with Gasteiger partial charge in [0.05, 0.1) is 6.42 Å². The number of ether oxygens (including phenoxy) is 1. The van der Waals surface area contributed by atoms with Crippen LogP contribution in [0.25, 0.3) is 0 Å². The molecule has 0 unspecified atom stereocenters. The van der Waals surface area contributed by atoms with Gasteiger partial charge in [0.15, 0.2) is 0 Å². The summed E-state index contributed by atoms with van der Waals surface area (Å²) >= 11 is 5.74. The lowest BCUT2D eigenvalue weighted by Crippen LogP contribution is -2.26. The fraction of sp³-hybridized carbons (Fsp3) is 0.176. The topological polar surface area (TPSA) is 55.4 Å². The molecule has 0 radical (unpaired) electrons. The van der Waals surface area contributed by atoms with E-state index < -0.39 is 5.97 Å². The summed E-state index contributed by atoms with van der Waals surface area (Å²) in [6, 6.07) is 12.3. The number of esters is 1. The van der Waals surface area contributed by atoms with Crippen molar-refractivity contribution in [3.63, 3.8) is 0 Å². The van der Waals surface area contributed by atoms with Gasteiger partial charge in [-0.2, -0.15) is 0 Å². The fourth-order valence-corrected chi connectivity index (χ4v) is 1.97. The summed E-state index contributed by atoms with van der Waals surface area (Å²) in [5.41, 5.74) is 1.03. The average molecular weight is 336 g/mol. The lowest BCUT2D eigenvalue weighted by atomic mass is 10.2. The van der Waals surface area contributed by atoms with Crippen LogP contribution in [0, 0.1) is 5.82 Å². The highest BCUT2D eigenvalue weighted by Gasteiger charge is 2.08. The van der Waals surface area contributed by atoms with Crippen LogP contribution in [0.1, 0.15) is 22.3 Å². The van der Waals surface area contributed by atoms with Gasteiger partial charge in [-0.05, 0) is 42.0 Å². The molecular formula is C17H15ClFNO3. The van der Waals surface area contributed by atoms with Crippen LogP contribution in [0.2, 0.25) is 5.02 Å². The van der Waals surface area contributed by atoms with E-state index in [1.54, 1.807) is 36.4 Å². The van der Waals surface area contributed by atoms with Crippen molar-refractivity contribution in [3.8, 4) is 0 Å². The normalized spacial score (nSPS) is 10.2. The quantitative estimate of drug-likeness (QED) is 0.824. The van der Waals surface area contributed by atoms with Gasteiger partial charge in [-0.25, -0.2) is 4.39 Å². The first-order valence-corrected chi connectivity index (χ1v) is 7.36. The Labute approximate surface area is 138 Å². The first kappa shape index (κ1) is 17.0. The average Bonchev–Trinajstić information content (AvgIpc) is 2.53. The molecule has 0 atom stereocenters. The zero-order chi connectivity index (χ0) is 16.7. The van der Waals surface area contributed by atoms with Crippen LogP contribution in [-0.2, 0) is 16.1 Å². The van der Waals surface area contributed by atoms with Crippen LogP contribution >= 0.6 is 11.6 Å². The zero-order valence-corrected chi connectivity index (χ0v) is 13.0. The number of amides is 1. The van der Waals surface area contributed by atoms with Gasteiger partial charge in [0, 0.05) is 17.1 Å². The molecule has 2 rings (SSSR count). The predicted octanol–water partition coefficient (Wildman–Crippen LogP) is 3.34. The van der Waals surface area contributed by atoms with E-state index in [1.165, 1.54) is 12.1 Å². The van der Waals surface area contributed by atoms with Gasteiger partial charge in [-0.15, -0.1) is 0 Å². The molecule has 4 nitrogen and oxygen atoms in total. The first-order valence-electron chi connectivity index (χ1n) is 6.98. The van der Waals surface area contributed by atoms with Gasteiger partial charge in [0.1, 0.15) is 12.4 Å². The minimum absolute atomic E-state index is 0.00171. The van der Waals surface area contributed by atoms with Crippen LogP contribution in [-0.4, -0.2) is 18.4 Å². The maximum absolute atomic E-state index is 13.0. The second kappa shape index (κ2) is 8.29. The summed E-state index contributed by atoms with van der Waals surface area (Å²) in [5, 5.41) is 3.16. The molecule has 23 heavy (non-hydrogen) atoms. The van der Waals surface area contributed by atoms with Crippen LogP contribution < -0.4 is 5.32 Å². The predicted molar refractivity (Wildman–Crippen MR) is 84.6 cm³/mol. The third kappa shape index (κ3) is 5.71. The third-order valence-corrected chi connectivity index (χ3v) is 3.26. The van der Waals surface area contributed by atoms with Crippen molar-refractivity contribution in [3.05, 3.63) is 70.5 Å². The molecule has 0 saturated heterocycles. The van der Waals surface area contributed by atoms with E-state index in [0.717, 1.165) is 0 Å². The number of hydrogen-bond donors (Lipinski definition) is 1. The van der Waals surface area contributed by atoms with Crippen LogP contribution in [0.3, 0.4) is 0 Å². The molecule has 120 valence electrons. The van der Waals surface area contributed by atoms with Crippen molar-refractivity contribution in [2.45, 2.75) is 13.0 Å². The molecule has 0 heterocycles. The molecule has 0 aliphatic rings. The Balaban J connectivity index is 1.70. The van der Waals surface area contributed by atoms with Crippen molar-refractivity contribution in [2.24, 2.45) is 0 Å². The van der Waals surface area contributed by atoms with Gasteiger partial charge in [-0.3, -0.25) is 9.59 Å². The highest BCUT2D eigenvalue weighted by atomic mass is 35.5. The molecule has 0 spiro atoms. The summed E-state index contributed by atoms with van der Waals surface area (Å²) in [6.45, 7) is 0.158. The summed E-state index contributed by atoms with van der Waals surface area (Å²) in [4.78, 5) is 23.4. The molecule has 0 saturated carbocycles. The molecular weight excluding hydrogens is 321 g/mol. The molecule has 1 N–H and O–H groups in total. The molecule has 0 bridgehead atoms. The minimum Gasteiger partial charge on any atom is -0.461 e. The second-order valence-corrected chi connectivity index (χ2v) is 5.24. The number of benzene rings is 2. The zero-order valence-electron chi connectivity index (χ0n) is 12.2. The van der Waals surface area contributed by atoms with Crippen molar-refractivity contribution < 1.29 is 18.7 Å². The van der Waals surface area contributed by atoms with Crippen molar-refractivity contribution in [1.82, 2.24) is 5.32 Å². The Kier molecular flexibility index (Phi) is 6.11. The number of rotatable bonds is 6. The Morgan fingerprint density at radius 3 is 2.57 bits per heavy atom. The first-order chi connectivity index (χ1) is 11.0. The van der Waals surface area contributed by atoms with Crippen molar-refractivity contribution >= 4 is 23.5 Å². The third-order valence-electron chi connectivity index (χ3n) is 3.01. The van der Waals surface area contributed by atoms with E-state index >= 15 is 0 Å². The van der Waals surface area contributed by atoms with E-state index in [4.69, 9.17) is 16.3 Å². The summed E-state index contributed by atoms with van der Waals surface area (Å²) in [6.07, 6.45) is 0.0364. The van der Waals surface area contributed by atoms with Crippen molar-refractivity contribution in [2.75, 3.05) is 6.54 Å². The van der Waals surface area contributed by atoms with Crippen molar-refractivity contribution in [1.29, 1.82) is 0 Å². The molecule has 0 aliphatic heterocycles. The summed E-state index contributed by atoms with van der Waals surface area (Å²) in [7, 11) is 0. The van der Waals surface area contributed by atoms with Crippen LogP contribution in [0.15, 0.2) is 48.5 Å². The lowest BCUT2D eigenvalue weighted by molar-refractivity contribution is -0.144. The Morgan fingerprint density at radius 1 is 1.13 bits per heavy atom. The molecule has 0 aliphatic carbocycles. The van der Waals surface area contributed by atoms with E-state index in [0.29, 0.717) is 16.1 Å². The van der Waals surface area contributed by atoms with E-state index in [1.807, 2.05) is 0 Å². The van der Waals surface area contributed by atoms with Gasteiger partial charge in [-0.1, -0.05) is 23.7 Å². The monoisotopic (exact) mass is 335 g/mol. The highest BCUT2D eigenvalue weighted by Crippen LogP contribution is 2.09. The standard InChI is InChI=1S/C17H15ClFNO3/c18-14-6-4-13(5-7-14)17(22)20-9-8-16(21)23-11-12-2-1-3-15(19)10-12/h1-7,10H,8-9,11H2,(H,20,22). The van der Waals surface area contributed by atoms with Crippen LogP contribution in [0.5, 0.6) is 0 Å². The summed E-state index contributed by atoms with van der Waals surface area (Å²) in [5.74, 6) is -1.14. The molecule has 6 heteroatoms. The fourth-order valence-electron chi connectivity index (χ4n) is 1.84. The van der Waals surface area contributed by atoms with Gasteiger partial charge in [0.2, 0.25) is 0 Å². The number of hydrogen-bond acceptors (Lipinski definition) is 3. The minimum atomic E-state index is -0.467. The molecule has 2 aromatic carbocycles. The van der Waals surface area contributed by atoms with E-state index in [2.05, 4.69) is 5.32 Å². The molecule has 0 aromatic heterocycles. The summed E-state index contributed by atoms with van der Waals surface area (Å²) < 4.78 is 18.0. The smallest absolute Gasteiger partial charge is 0.307 e. The SMILES string of the molecule is O=C(CCNC(=O)c1ccc(Cl)cc1)OCc1cccc(F)c1. The van der Waals surface area contributed by atoms with Crippen LogP contribution in [0.4, 0.5) is 4.39 Å². The largest absolute Gasteiger partial charge is 0.461 e. The molecule has 0 fully saturated rings. The van der Waals surface area contributed by atoms with Gasteiger partial charge < -0.3 is 10.1 Å². The number of carbonyl (C=O) groups is 2. The van der Waals surface area contributed by atoms with Gasteiger partial charge >= 0.3 is 5.97 Å². The Morgan fingerprint density at radius 2 is 1.87 bits per heavy atom. The Hall–Kier alpha value is -2.40. The second-order valence-electron chi connectivity index (χ2n) is 4.80. The maximum atomic E-state index is 13.0. The maximum Gasteiger partial charge on any atom is 0.307 e. The van der Waals surface area contributed by atoms with Gasteiger partial charge in [0.25, 0.3) is 5.91 Å². The molecule has 2 aromatic rings. The van der Waals surface area contributed by atoms with E-state index in [-0.39, 0.29) is 31.3 Å². The number of carbonyl (C=O) groups excluding carboxylic acids is 2. The highest BCUT2D eigenvalue weighted by molar-refractivity contribution is 6.30.